The van der Waals surface area contributed by atoms with Gasteiger partial charge in [0.25, 0.3) is 0 Å². The molecule has 0 aliphatic carbocycles. The fourth-order valence-corrected chi connectivity index (χ4v) is 2.25. The molecule has 2 rings (SSSR count). The van der Waals surface area contributed by atoms with E-state index in [0.717, 1.165) is 48.8 Å². The van der Waals surface area contributed by atoms with Crippen molar-refractivity contribution in [1.82, 2.24) is 0 Å². The standard InChI is InChI=1S/C16H21NO2/c1-12-7-6-8-13-11-15(19-16(12)13)14(18)9-4-2-3-5-10-17/h6-8,11H,2-5,9-10,17H2,1H3. The minimum atomic E-state index is 0.100. The van der Waals surface area contributed by atoms with Gasteiger partial charge in [-0.3, -0.25) is 4.79 Å². The molecule has 0 saturated carbocycles. The minimum absolute atomic E-state index is 0.100. The first kappa shape index (κ1) is 13.8. The van der Waals surface area contributed by atoms with Gasteiger partial charge in [0, 0.05) is 11.8 Å². The van der Waals surface area contributed by atoms with Crippen molar-refractivity contribution in [2.75, 3.05) is 6.54 Å². The highest BCUT2D eigenvalue weighted by Crippen LogP contribution is 2.23. The van der Waals surface area contributed by atoms with Gasteiger partial charge < -0.3 is 10.2 Å². The van der Waals surface area contributed by atoms with Crippen LogP contribution in [0.4, 0.5) is 0 Å². The summed E-state index contributed by atoms with van der Waals surface area (Å²) in [6.07, 6.45) is 4.67. The van der Waals surface area contributed by atoms with E-state index in [-0.39, 0.29) is 5.78 Å². The molecule has 0 aliphatic rings. The van der Waals surface area contributed by atoms with Crippen LogP contribution in [0.15, 0.2) is 28.7 Å². The molecule has 2 N–H and O–H groups in total. The number of unbranched alkanes of at least 4 members (excludes halogenated alkanes) is 3. The number of carbonyl (C=O) groups excluding carboxylic acids is 1. The van der Waals surface area contributed by atoms with Gasteiger partial charge in [0.05, 0.1) is 0 Å². The lowest BCUT2D eigenvalue weighted by atomic mass is 10.1. The van der Waals surface area contributed by atoms with Crippen LogP contribution in [0.2, 0.25) is 0 Å². The molecule has 1 aromatic carbocycles. The SMILES string of the molecule is Cc1cccc2cc(C(=O)CCCCCCN)oc12. The summed E-state index contributed by atoms with van der Waals surface area (Å²) in [5, 5.41) is 1.01. The largest absolute Gasteiger partial charge is 0.453 e. The molecule has 2 aromatic rings. The van der Waals surface area contributed by atoms with Crippen molar-refractivity contribution in [3.63, 3.8) is 0 Å². The van der Waals surface area contributed by atoms with E-state index in [1.54, 1.807) is 0 Å². The highest BCUT2D eigenvalue weighted by Gasteiger charge is 2.12. The third kappa shape index (κ3) is 3.44. The molecule has 19 heavy (non-hydrogen) atoms. The number of para-hydroxylation sites is 1. The Morgan fingerprint density at radius 1 is 1.21 bits per heavy atom. The summed E-state index contributed by atoms with van der Waals surface area (Å²) in [5.74, 6) is 0.589. The molecule has 1 heterocycles. The Morgan fingerprint density at radius 2 is 2.00 bits per heavy atom. The quantitative estimate of drug-likeness (QED) is 0.607. The van der Waals surface area contributed by atoms with Crippen LogP contribution in [-0.4, -0.2) is 12.3 Å². The smallest absolute Gasteiger partial charge is 0.198 e. The van der Waals surface area contributed by atoms with Gasteiger partial charge in [-0.1, -0.05) is 31.0 Å². The normalized spacial score (nSPS) is 11.1. The number of rotatable bonds is 7. The van der Waals surface area contributed by atoms with E-state index in [0.29, 0.717) is 12.2 Å². The lowest BCUT2D eigenvalue weighted by Crippen LogP contribution is -1.99. The first-order valence-electron chi connectivity index (χ1n) is 6.95. The number of hydrogen-bond acceptors (Lipinski definition) is 3. The van der Waals surface area contributed by atoms with E-state index in [9.17, 15) is 4.79 Å². The van der Waals surface area contributed by atoms with Crippen LogP contribution in [0, 0.1) is 6.92 Å². The van der Waals surface area contributed by atoms with Crippen LogP contribution in [0.3, 0.4) is 0 Å². The van der Waals surface area contributed by atoms with E-state index in [1.807, 2.05) is 31.2 Å². The summed E-state index contributed by atoms with van der Waals surface area (Å²) in [7, 11) is 0. The predicted molar refractivity (Wildman–Crippen MR) is 77.4 cm³/mol. The zero-order valence-electron chi connectivity index (χ0n) is 11.4. The van der Waals surface area contributed by atoms with E-state index in [2.05, 4.69) is 0 Å². The number of nitrogens with two attached hydrogens (primary N) is 1. The molecule has 3 heteroatoms. The summed E-state index contributed by atoms with van der Waals surface area (Å²) in [6, 6.07) is 7.80. The van der Waals surface area contributed by atoms with Crippen LogP contribution in [0.25, 0.3) is 11.0 Å². The predicted octanol–water partition coefficient (Wildman–Crippen LogP) is 3.83. The third-order valence-electron chi connectivity index (χ3n) is 3.37. The van der Waals surface area contributed by atoms with Crippen LogP contribution in [-0.2, 0) is 0 Å². The van der Waals surface area contributed by atoms with Crippen LogP contribution < -0.4 is 5.73 Å². The third-order valence-corrected chi connectivity index (χ3v) is 3.37. The van der Waals surface area contributed by atoms with E-state index >= 15 is 0 Å². The highest BCUT2D eigenvalue weighted by molar-refractivity contribution is 5.98. The van der Waals surface area contributed by atoms with Crippen molar-refractivity contribution in [2.24, 2.45) is 5.73 Å². The van der Waals surface area contributed by atoms with Crippen molar-refractivity contribution in [3.05, 3.63) is 35.6 Å². The summed E-state index contributed by atoms with van der Waals surface area (Å²) in [4.78, 5) is 12.0. The summed E-state index contributed by atoms with van der Waals surface area (Å²) >= 11 is 0. The number of benzene rings is 1. The Morgan fingerprint density at radius 3 is 2.74 bits per heavy atom. The molecule has 0 unspecified atom stereocenters. The van der Waals surface area contributed by atoms with Gasteiger partial charge in [-0.2, -0.15) is 0 Å². The van der Waals surface area contributed by atoms with Crippen molar-refractivity contribution < 1.29 is 9.21 Å². The number of hydrogen-bond donors (Lipinski definition) is 1. The summed E-state index contributed by atoms with van der Waals surface area (Å²) in [5.41, 5.74) is 7.33. The first-order valence-corrected chi connectivity index (χ1v) is 6.95. The molecule has 0 bridgehead atoms. The molecule has 102 valence electrons. The molecule has 0 saturated heterocycles. The van der Waals surface area contributed by atoms with Gasteiger partial charge >= 0.3 is 0 Å². The maximum atomic E-state index is 12.0. The topological polar surface area (TPSA) is 56.2 Å². The molecular formula is C16H21NO2. The molecule has 0 radical (unpaired) electrons. The Labute approximate surface area is 113 Å². The maximum Gasteiger partial charge on any atom is 0.198 e. The fourth-order valence-electron chi connectivity index (χ4n) is 2.25. The minimum Gasteiger partial charge on any atom is -0.453 e. The number of furan rings is 1. The zero-order valence-corrected chi connectivity index (χ0v) is 11.4. The number of carbonyl (C=O) groups is 1. The van der Waals surface area contributed by atoms with Gasteiger partial charge in [0.2, 0.25) is 0 Å². The van der Waals surface area contributed by atoms with Gasteiger partial charge in [0.1, 0.15) is 5.58 Å². The van der Waals surface area contributed by atoms with Crippen molar-refractivity contribution in [2.45, 2.75) is 39.0 Å². The zero-order chi connectivity index (χ0) is 13.7. The van der Waals surface area contributed by atoms with Gasteiger partial charge in [-0.05, 0) is 37.9 Å². The van der Waals surface area contributed by atoms with Crippen molar-refractivity contribution >= 4 is 16.8 Å². The van der Waals surface area contributed by atoms with Crippen LogP contribution in [0.5, 0.6) is 0 Å². The molecule has 0 aliphatic heterocycles. The maximum absolute atomic E-state index is 12.0. The van der Waals surface area contributed by atoms with Crippen LogP contribution in [0.1, 0.15) is 48.2 Å². The van der Waals surface area contributed by atoms with Gasteiger partial charge in [-0.15, -0.1) is 0 Å². The summed E-state index contributed by atoms with van der Waals surface area (Å²) < 4.78 is 5.67. The second-order valence-corrected chi connectivity index (χ2v) is 4.98. The fraction of sp³-hybridized carbons (Fsp3) is 0.438. The van der Waals surface area contributed by atoms with Gasteiger partial charge in [0.15, 0.2) is 11.5 Å². The van der Waals surface area contributed by atoms with E-state index in [4.69, 9.17) is 10.2 Å². The van der Waals surface area contributed by atoms with Crippen molar-refractivity contribution in [3.8, 4) is 0 Å². The van der Waals surface area contributed by atoms with E-state index < -0.39 is 0 Å². The molecule has 0 atom stereocenters. The second-order valence-electron chi connectivity index (χ2n) is 4.98. The van der Waals surface area contributed by atoms with Crippen LogP contribution >= 0.6 is 0 Å². The Bertz CT molecular complexity index is 557. The number of ketones is 1. The molecule has 0 amide bonds. The molecule has 0 spiro atoms. The number of fused-ring (bicyclic) bond motifs is 1. The van der Waals surface area contributed by atoms with E-state index in [1.165, 1.54) is 0 Å². The van der Waals surface area contributed by atoms with Gasteiger partial charge in [-0.25, -0.2) is 0 Å². The first-order chi connectivity index (χ1) is 9.22. The average Bonchev–Trinajstić information content (AvgIpc) is 2.84. The Hall–Kier alpha value is -1.61. The monoisotopic (exact) mass is 259 g/mol. The average molecular weight is 259 g/mol. The Balaban J connectivity index is 1.96. The molecule has 0 fully saturated rings. The highest BCUT2D eigenvalue weighted by atomic mass is 16.3. The molecule has 1 aromatic heterocycles. The van der Waals surface area contributed by atoms with Crippen molar-refractivity contribution in [1.29, 1.82) is 0 Å². The molecule has 3 nitrogen and oxygen atoms in total. The second kappa shape index (κ2) is 6.53. The Kier molecular flexibility index (Phi) is 4.74. The number of aryl methyl sites for hydroxylation is 1. The lowest BCUT2D eigenvalue weighted by Gasteiger charge is -1.98. The molecular weight excluding hydrogens is 238 g/mol. The summed E-state index contributed by atoms with van der Waals surface area (Å²) in [6.45, 7) is 2.73. The lowest BCUT2D eigenvalue weighted by molar-refractivity contribution is 0.0954. The number of Topliss-reactive ketones (excluding diaryl/α,β-unsaturated/α-hetero) is 1.